The first-order valence-corrected chi connectivity index (χ1v) is 8.50. The second-order valence-corrected chi connectivity index (χ2v) is 6.40. The van der Waals surface area contributed by atoms with Crippen molar-refractivity contribution in [2.45, 2.75) is 6.42 Å². The molecule has 1 N–H and O–H groups in total. The number of carbonyl (C=O) groups is 1. The first kappa shape index (κ1) is 20.2. The van der Waals surface area contributed by atoms with Crippen molar-refractivity contribution in [2.24, 2.45) is 0 Å². The number of benzene rings is 1. The summed E-state index contributed by atoms with van der Waals surface area (Å²) < 4.78 is 6.73. The third-order valence-corrected chi connectivity index (χ3v) is 4.26. The van der Waals surface area contributed by atoms with Gasteiger partial charge in [0, 0.05) is 50.2 Å². The van der Waals surface area contributed by atoms with Crippen molar-refractivity contribution in [3.8, 4) is 5.75 Å². The van der Waals surface area contributed by atoms with Gasteiger partial charge in [0.2, 0.25) is 5.91 Å². The van der Waals surface area contributed by atoms with Gasteiger partial charge in [0.1, 0.15) is 12.4 Å². The van der Waals surface area contributed by atoms with Crippen LogP contribution >= 0.6 is 28.3 Å². The maximum atomic E-state index is 12.1. The topological polar surface area (TPSA) is 44.8 Å². The van der Waals surface area contributed by atoms with Crippen molar-refractivity contribution in [1.29, 1.82) is 0 Å². The minimum absolute atomic E-state index is 0. The zero-order chi connectivity index (χ0) is 15.8. The SMILES string of the molecule is CN(CCOc1ccc(Br)cc1)CCC(=O)N1CCNCC1.Cl. The summed E-state index contributed by atoms with van der Waals surface area (Å²) in [5.74, 6) is 1.12. The number of likely N-dealkylation sites (N-methyl/N-ethyl adjacent to an activating group) is 1. The van der Waals surface area contributed by atoms with Crippen LogP contribution in [0.25, 0.3) is 0 Å². The van der Waals surface area contributed by atoms with Gasteiger partial charge in [0.25, 0.3) is 0 Å². The van der Waals surface area contributed by atoms with Crippen LogP contribution in [0, 0.1) is 0 Å². The summed E-state index contributed by atoms with van der Waals surface area (Å²) >= 11 is 3.40. The van der Waals surface area contributed by atoms with Gasteiger partial charge in [-0.1, -0.05) is 15.9 Å². The largest absolute Gasteiger partial charge is 0.492 e. The van der Waals surface area contributed by atoms with Crippen LogP contribution in [0.4, 0.5) is 0 Å². The molecule has 1 saturated heterocycles. The Labute approximate surface area is 152 Å². The van der Waals surface area contributed by atoms with E-state index in [4.69, 9.17) is 4.74 Å². The molecule has 0 aliphatic carbocycles. The molecular formula is C16H25BrClN3O2. The fraction of sp³-hybridized carbons (Fsp3) is 0.562. The van der Waals surface area contributed by atoms with E-state index in [1.807, 2.05) is 36.2 Å². The molecule has 5 nitrogen and oxygen atoms in total. The first-order valence-electron chi connectivity index (χ1n) is 7.70. The molecule has 1 aliphatic heterocycles. The average Bonchev–Trinajstić information content (AvgIpc) is 2.55. The van der Waals surface area contributed by atoms with Crippen LogP contribution < -0.4 is 10.1 Å². The molecule has 0 unspecified atom stereocenters. The lowest BCUT2D eigenvalue weighted by atomic mass is 10.3. The number of nitrogens with one attached hydrogen (secondary N) is 1. The van der Waals surface area contributed by atoms with Gasteiger partial charge >= 0.3 is 0 Å². The van der Waals surface area contributed by atoms with E-state index < -0.39 is 0 Å². The highest BCUT2D eigenvalue weighted by Crippen LogP contribution is 2.15. The summed E-state index contributed by atoms with van der Waals surface area (Å²) in [6.07, 6.45) is 0.578. The van der Waals surface area contributed by atoms with Gasteiger partial charge in [0.05, 0.1) is 0 Å². The van der Waals surface area contributed by atoms with Crippen LogP contribution in [0.1, 0.15) is 6.42 Å². The van der Waals surface area contributed by atoms with Gasteiger partial charge in [-0.3, -0.25) is 4.79 Å². The summed E-state index contributed by atoms with van der Waals surface area (Å²) in [5.41, 5.74) is 0. The summed E-state index contributed by atoms with van der Waals surface area (Å²) in [6, 6.07) is 7.81. The summed E-state index contributed by atoms with van der Waals surface area (Å²) in [6.45, 7) is 5.67. The van der Waals surface area contributed by atoms with E-state index in [1.165, 1.54) is 0 Å². The van der Waals surface area contributed by atoms with Crippen LogP contribution in [0.15, 0.2) is 28.7 Å². The van der Waals surface area contributed by atoms with Crippen molar-refractivity contribution in [2.75, 3.05) is 52.9 Å². The maximum Gasteiger partial charge on any atom is 0.223 e. The van der Waals surface area contributed by atoms with Crippen molar-refractivity contribution in [3.05, 3.63) is 28.7 Å². The average molecular weight is 407 g/mol. The molecule has 0 aromatic heterocycles. The summed E-state index contributed by atoms with van der Waals surface area (Å²) in [4.78, 5) is 16.2. The molecule has 0 bridgehead atoms. The monoisotopic (exact) mass is 405 g/mol. The van der Waals surface area contributed by atoms with Crippen LogP contribution in [0.5, 0.6) is 5.75 Å². The zero-order valence-corrected chi connectivity index (χ0v) is 15.9. The smallest absolute Gasteiger partial charge is 0.223 e. The van der Waals surface area contributed by atoms with Gasteiger partial charge in [-0.25, -0.2) is 0 Å². The molecule has 0 spiro atoms. The van der Waals surface area contributed by atoms with Gasteiger partial charge in [-0.05, 0) is 31.3 Å². The molecule has 130 valence electrons. The molecule has 7 heteroatoms. The molecule has 2 rings (SSSR count). The molecule has 1 heterocycles. The third-order valence-electron chi connectivity index (χ3n) is 3.73. The van der Waals surface area contributed by atoms with Crippen LogP contribution in [0.3, 0.4) is 0 Å². The fourth-order valence-electron chi connectivity index (χ4n) is 2.32. The van der Waals surface area contributed by atoms with E-state index in [2.05, 4.69) is 26.1 Å². The molecule has 1 aromatic rings. The van der Waals surface area contributed by atoms with E-state index in [0.29, 0.717) is 13.0 Å². The Bertz CT molecular complexity index is 467. The summed E-state index contributed by atoms with van der Waals surface area (Å²) in [7, 11) is 2.02. The molecule has 1 aromatic carbocycles. The van der Waals surface area contributed by atoms with Crippen LogP contribution in [0.2, 0.25) is 0 Å². The number of nitrogens with zero attached hydrogens (tertiary/aromatic N) is 2. The highest BCUT2D eigenvalue weighted by Gasteiger charge is 2.16. The Morgan fingerprint density at radius 3 is 2.57 bits per heavy atom. The first-order chi connectivity index (χ1) is 10.6. The van der Waals surface area contributed by atoms with E-state index in [9.17, 15) is 4.79 Å². The number of ether oxygens (including phenoxy) is 1. The Morgan fingerprint density at radius 2 is 1.91 bits per heavy atom. The maximum absolute atomic E-state index is 12.1. The van der Waals surface area contributed by atoms with Gasteiger partial charge in [0.15, 0.2) is 0 Å². The molecule has 1 amide bonds. The van der Waals surface area contributed by atoms with Crippen molar-refractivity contribution in [3.63, 3.8) is 0 Å². The zero-order valence-electron chi connectivity index (χ0n) is 13.5. The number of hydrogen-bond acceptors (Lipinski definition) is 4. The van der Waals surface area contributed by atoms with Crippen molar-refractivity contribution < 1.29 is 9.53 Å². The number of hydrogen-bond donors (Lipinski definition) is 1. The number of amides is 1. The molecular weight excluding hydrogens is 382 g/mol. The normalized spacial score (nSPS) is 14.5. The number of rotatable bonds is 7. The molecule has 23 heavy (non-hydrogen) atoms. The van der Waals surface area contributed by atoms with Gasteiger partial charge in [-0.2, -0.15) is 0 Å². The van der Waals surface area contributed by atoms with Crippen molar-refractivity contribution in [1.82, 2.24) is 15.1 Å². The predicted octanol–water partition coefficient (Wildman–Crippen LogP) is 2.00. The van der Waals surface area contributed by atoms with Gasteiger partial charge < -0.3 is 19.9 Å². The molecule has 0 saturated carbocycles. The lowest BCUT2D eigenvalue weighted by Crippen LogP contribution is -2.47. The Balaban J connectivity index is 0.00000264. The molecule has 1 aliphatic rings. The van der Waals surface area contributed by atoms with Gasteiger partial charge in [-0.15, -0.1) is 12.4 Å². The second-order valence-electron chi connectivity index (χ2n) is 5.49. The minimum atomic E-state index is 0. The fourth-order valence-corrected chi connectivity index (χ4v) is 2.59. The molecule has 0 atom stereocenters. The number of halogens is 2. The van der Waals surface area contributed by atoms with E-state index >= 15 is 0 Å². The van der Waals surface area contributed by atoms with E-state index in [1.54, 1.807) is 0 Å². The number of carbonyl (C=O) groups excluding carboxylic acids is 1. The molecule has 0 radical (unpaired) electrons. The minimum Gasteiger partial charge on any atom is -0.492 e. The predicted molar refractivity (Wildman–Crippen MR) is 98.4 cm³/mol. The second kappa shape index (κ2) is 10.9. The Kier molecular flexibility index (Phi) is 9.55. The highest BCUT2D eigenvalue weighted by atomic mass is 79.9. The third kappa shape index (κ3) is 7.52. The highest BCUT2D eigenvalue weighted by molar-refractivity contribution is 9.10. The van der Waals surface area contributed by atoms with Crippen LogP contribution in [-0.2, 0) is 4.79 Å². The quantitative estimate of drug-likeness (QED) is 0.752. The molecule has 1 fully saturated rings. The standard InChI is InChI=1S/C16H24BrN3O2.ClH/c1-19(9-6-16(21)20-10-7-18-8-11-20)12-13-22-15-4-2-14(17)3-5-15;/h2-5,18H,6-13H2,1H3;1H. The van der Waals surface area contributed by atoms with Crippen LogP contribution in [-0.4, -0.2) is 68.6 Å². The lowest BCUT2D eigenvalue weighted by molar-refractivity contribution is -0.132. The van der Waals surface area contributed by atoms with Crippen molar-refractivity contribution >= 4 is 34.2 Å². The van der Waals surface area contributed by atoms with E-state index in [0.717, 1.165) is 49.5 Å². The van der Waals surface area contributed by atoms with E-state index in [-0.39, 0.29) is 18.3 Å². The Hall–Kier alpha value is -0.820. The summed E-state index contributed by atoms with van der Waals surface area (Å²) in [5, 5.41) is 3.26. The number of piperazine rings is 1. The Morgan fingerprint density at radius 1 is 1.26 bits per heavy atom. The lowest BCUT2D eigenvalue weighted by Gasteiger charge is -2.28.